The van der Waals surface area contributed by atoms with Crippen molar-refractivity contribution in [1.29, 1.82) is 0 Å². The molecule has 0 radical (unpaired) electrons. The third kappa shape index (κ3) is 10.5. The molecule has 1 N–H and O–H groups in total. The lowest BCUT2D eigenvalue weighted by Crippen LogP contribution is -2.54. The van der Waals surface area contributed by atoms with E-state index in [0.717, 1.165) is 60.1 Å². The van der Waals surface area contributed by atoms with E-state index in [1.165, 1.54) is 10.3 Å². The van der Waals surface area contributed by atoms with Gasteiger partial charge in [0.25, 0.3) is 0 Å². The van der Waals surface area contributed by atoms with E-state index in [1.807, 2.05) is 42.5 Å². The molecule has 0 saturated carbocycles. The molecule has 0 aliphatic carbocycles. The standard InChI is InChI=1S/C41H49NO8/c43-41(44)42-27-37(47-24-9-25-49-39-14-6-7-22-48-39)40(38(28-42)50-30-32-15-16-33-12-4-5-13-35(33)26-32)34-17-19-36(20-18-34)46-23-8-21-45-29-31-10-2-1-3-11-31/h1-5,10-13,15-20,26,37-40H,6-9,14,21-25,27-30H2,(H,43,44). The summed E-state index contributed by atoms with van der Waals surface area (Å²) < 4.78 is 36.5. The smallest absolute Gasteiger partial charge is 0.407 e. The van der Waals surface area contributed by atoms with Gasteiger partial charge in [0, 0.05) is 25.6 Å². The molecule has 50 heavy (non-hydrogen) atoms. The maximum atomic E-state index is 12.3. The van der Waals surface area contributed by atoms with Gasteiger partial charge in [-0.05, 0) is 71.3 Å². The Morgan fingerprint density at radius 1 is 0.720 bits per heavy atom. The van der Waals surface area contributed by atoms with Crippen molar-refractivity contribution in [1.82, 2.24) is 4.90 Å². The van der Waals surface area contributed by atoms with E-state index in [0.29, 0.717) is 46.1 Å². The normalized spacial score (nSPS) is 20.9. The van der Waals surface area contributed by atoms with Crippen molar-refractivity contribution in [2.75, 3.05) is 46.1 Å². The Bertz CT molecular complexity index is 1590. The molecule has 0 aromatic heterocycles. The van der Waals surface area contributed by atoms with Crippen LogP contribution in [0.4, 0.5) is 4.79 Å². The fourth-order valence-corrected chi connectivity index (χ4v) is 6.66. The highest BCUT2D eigenvalue weighted by Crippen LogP contribution is 2.35. The number of ether oxygens (including phenoxy) is 6. The predicted molar refractivity (Wildman–Crippen MR) is 191 cm³/mol. The van der Waals surface area contributed by atoms with Gasteiger partial charge in [0.1, 0.15) is 5.75 Å². The van der Waals surface area contributed by atoms with Gasteiger partial charge in [-0.25, -0.2) is 4.79 Å². The first-order valence-electron chi connectivity index (χ1n) is 17.9. The largest absolute Gasteiger partial charge is 0.494 e. The van der Waals surface area contributed by atoms with E-state index in [-0.39, 0.29) is 25.3 Å². The molecule has 2 saturated heterocycles. The lowest BCUT2D eigenvalue weighted by Gasteiger charge is -2.42. The molecule has 1 amide bonds. The van der Waals surface area contributed by atoms with Crippen LogP contribution in [0.25, 0.3) is 10.8 Å². The molecule has 4 aromatic carbocycles. The highest BCUT2D eigenvalue weighted by molar-refractivity contribution is 5.82. The lowest BCUT2D eigenvalue weighted by atomic mass is 9.84. The number of rotatable bonds is 17. The molecule has 2 aliphatic heterocycles. The molecule has 9 heteroatoms. The van der Waals surface area contributed by atoms with Crippen molar-refractivity contribution in [3.8, 4) is 5.75 Å². The molecule has 0 spiro atoms. The second-order valence-corrected chi connectivity index (χ2v) is 13.0. The van der Waals surface area contributed by atoms with Crippen LogP contribution in [-0.4, -0.2) is 80.7 Å². The van der Waals surface area contributed by atoms with E-state index in [4.69, 9.17) is 28.4 Å². The Hall–Kier alpha value is -3.99. The molecular weight excluding hydrogens is 634 g/mol. The predicted octanol–water partition coefficient (Wildman–Crippen LogP) is 7.81. The number of hydrogen-bond donors (Lipinski definition) is 1. The maximum absolute atomic E-state index is 12.3. The Morgan fingerprint density at radius 3 is 2.24 bits per heavy atom. The van der Waals surface area contributed by atoms with Gasteiger partial charge in [0.15, 0.2) is 6.29 Å². The van der Waals surface area contributed by atoms with Crippen molar-refractivity contribution in [2.24, 2.45) is 0 Å². The van der Waals surface area contributed by atoms with Crippen LogP contribution in [0.1, 0.15) is 54.7 Å². The monoisotopic (exact) mass is 683 g/mol. The molecule has 4 aromatic rings. The van der Waals surface area contributed by atoms with Crippen LogP contribution in [-0.2, 0) is 36.9 Å². The summed E-state index contributed by atoms with van der Waals surface area (Å²) in [6, 6.07) is 32.7. The van der Waals surface area contributed by atoms with Crippen LogP contribution in [0, 0.1) is 0 Å². The summed E-state index contributed by atoms with van der Waals surface area (Å²) in [7, 11) is 0. The van der Waals surface area contributed by atoms with Crippen molar-refractivity contribution >= 4 is 16.9 Å². The number of likely N-dealkylation sites (tertiary alicyclic amines) is 1. The summed E-state index contributed by atoms with van der Waals surface area (Å²) in [4.78, 5) is 13.7. The first-order chi connectivity index (χ1) is 24.6. The summed E-state index contributed by atoms with van der Waals surface area (Å²) in [5, 5.41) is 12.4. The Labute approximate surface area is 295 Å². The highest BCUT2D eigenvalue weighted by Gasteiger charge is 2.41. The Kier molecular flexibility index (Phi) is 13.5. The van der Waals surface area contributed by atoms with Crippen LogP contribution in [0.3, 0.4) is 0 Å². The average Bonchev–Trinajstić information content (AvgIpc) is 3.16. The van der Waals surface area contributed by atoms with Gasteiger partial charge >= 0.3 is 6.09 Å². The second kappa shape index (κ2) is 18.8. The summed E-state index contributed by atoms with van der Waals surface area (Å²) in [5.41, 5.74) is 3.21. The summed E-state index contributed by atoms with van der Waals surface area (Å²) in [6.07, 6.45) is 2.61. The fraction of sp³-hybridized carbons (Fsp3) is 0.439. The van der Waals surface area contributed by atoms with Crippen LogP contribution in [0.2, 0.25) is 0 Å². The van der Waals surface area contributed by atoms with Crippen molar-refractivity contribution < 1.29 is 38.3 Å². The molecule has 2 heterocycles. The van der Waals surface area contributed by atoms with Gasteiger partial charge in [-0.1, -0.05) is 78.9 Å². The van der Waals surface area contributed by atoms with Gasteiger partial charge in [0.05, 0.1) is 58.3 Å². The van der Waals surface area contributed by atoms with E-state index >= 15 is 0 Å². The van der Waals surface area contributed by atoms with Crippen LogP contribution in [0.5, 0.6) is 5.75 Å². The fourth-order valence-electron chi connectivity index (χ4n) is 6.66. The number of piperidine rings is 1. The zero-order chi connectivity index (χ0) is 34.4. The van der Waals surface area contributed by atoms with Crippen LogP contribution in [0.15, 0.2) is 97.1 Å². The quantitative estimate of drug-likeness (QED) is 0.113. The molecule has 0 bridgehead atoms. The number of amides is 1. The van der Waals surface area contributed by atoms with Gasteiger partial charge in [-0.15, -0.1) is 0 Å². The third-order valence-electron chi connectivity index (χ3n) is 9.29. The topological polar surface area (TPSA) is 95.9 Å². The van der Waals surface area contributed by atoms with Gasteiger partial charge in [-0.2, -0.15) is 0 Å². The average molecular weight is 684 g/mol. The molecular formula is C41H49NO8. The Morgan fingerprint density at radius 2 is 1.46 bits per heavy atom. The molecule has 6 rings (SSSR count). The Balaban J connectivity index is 1.09. The molecule has 4 atom stereocenters. The lowest BCUT2D eigenvalue weighted by molar-refractivity contribution is -0.165. The summed E-state index contributed by atoms with van der Waals surface area (Å²) >= 11 is 0. The second-order valence-electron chi connectivity index (χ2n) is 13.0. The van der Waals surface area contributed by atoms with Gasteiger partial charge in [-0.3, -0.25) is 0 Å². The SMILES string of the molecule is O=C(O)N1CC(OCCCOC2CCCCO2)C(c2ccc(OCCCOCc3ccccc3)cc2)C(OCc2ccc3ccccc3c2)C1. The van der Waals surface area contributed by atoms with Crippen molar-refractivity contribution in [2.45, 2.75) is 69.7 Å². The molecule has 2 fully saturated rings. The summed E-state index contributed by atoms with van der Waals surface area (Å²) in [5.74, 6) is 0.585. The molecule has 266 valence electrons. The third-order valence-corrected chi connectivity index (χ3v) is 9.29. The first-order valence-corrected chi connectivity index (χ1v) is 17.9. The van der Waals surface area contributed by atoms with E-state index in [2.05, 4.69) is 54.6 Å². The van der Waals surface area contributed by atoms with Crippen molar-refractivity contribution in [3.05, 3.63) is 114 Å². The highest BCUT2D eigenvalue weighted by atomic mass is 16.7. The minimum absolute atomic E-state index is 0.149. The van der Waals surface area contributed by atoms with E-state index < -0.39 is 18.3 Å². The van der Waals surface area contributed by atoms with Crippen LogP contribution >= 0.6 is 0 Å². The van der Waals surface area contributed by atoms with Crippen molar-refractivity contribution in [3.63, 3.8) is 0 Å². The van der Waals surface area contributed by atoms with Gasteiger partial charge < -0.3 is 38.4 Å². The minimum atomic E-state index is -0.981. The van der Waals surface area contributed by atoms with E-state index in [1.54, 1.807) is 0 Å². The first kappa shape index (κ1) is 35.8. The number of nitrogens with zero attached hydrogens (tertiary/aromatic N) is 1. The molecule has 4 unspecified atom stereocenters. The number of carboxylic acid groups (broad SMARTS) is 1. The number of carbonyl (C=O) groups is 1. The minimum Gasteiger partial charge on any atom is -0.494 e. The van der Waals surface area contributed by atoms with Gasteiger partial charge in [0.2, 0.25) is 0 Å². The zero-order valence-corrected chi connectivity index (χ0v) is 28.7. The number of benzene rings is 4. The molecule has 9 nitrogen and oxygen atoms in total. The molecule has 2 aliphatic rings. The van der Waals surface area contributed by atoms with Crippen LogP contribution < -0.4 is 4.74 Å². The van der Waals surface area contributed by atoms with E-state index in [9.17, 15) is 9.90 Å². The maximum Gasteiger partial charge on any atom is 0.407 e. The summed E-state index contributed by atoms with van der Waals surface area (Å²) in [6.45, 7) is 4.30. The zero-order valence-electron chi connectivity index (χ0n) is 28.7. The number of fused-ring (bicyclic) bond motifs is 1. The number of hydrogen-bond acceptors (Lipinski definition) is 7.